The van der Waals surface area contributed by atoms with E-state index in [1.165, 1.54) is 6.07 Å². The summed E-state index contributed by atoms with van der Waals surface area (Å²) in [5.41, 5.74) is 6.88. The maximum absolute atomic E-state index is 11.9. The molecule has 5 N–H and O–H groups in total. The first-order chi connectivity index (χ1) is 8.09. The van der Waals surface area contributed by atoms with Gasteiger partial charge in [0.1, 0.15) is 5.69 Å². The Balaban J connectivity index is 2.34. The molecule has 0 atom stereocenters. The van der Waals surface area contributed by atoms with Crippen molar-refractivity contribution in [1.29, 1.82) is 0 Å². The second-order valence-corrected chi connectivity index (χ2v) is 3.90. The number of benzene rings is 1. The summed E-state index contributed by atoms with van der Waals surface area (Å²) in [5, 5.41) is 1.43. The van der Waals surface area contributed by atoms with Crippen LogP contribution >= 0.6 is 11.6 Å². The zero-order valence-electron chi connectivity index (χ0n) is 8.85. The van der Waals surface area contributed by atoms with Crippen LogP contribution in [0.25, 0.3) is 0 Å². The number of halogens is 1. The van der Waals surface area contributed by atoms with Crippen LogP contribution < -0.4 is 16.6 Å². The summed E-state index contributed by atoms with van der Waals surface area (Å²) >= 11 is 5.83. The molecule has 0 aliphatic carbocycles. The highest BCUT2D eigenvalue weighted by Crippen LogP contribution is 2.25. The molecule has 0 aliphatic heterocycles. The molecule has 2 aromatic rings. The highest BCUT2D eigenvalue weighted by atomic mass is 35.5. The van der Waals surface area contributed by atoms with Gasteiger partial charge in [-0.2, -0.15) is 0 Å². The van der Waals surface area contributed by atoms with Crippen LogP contribution in [-0.4, -0.2) is 10.9 Å². The summed E-state index contributed by atoms with van der Waals surface area (Å²) in [4.78, 5) is 14.7. The summed E-state index contributed by atoms with van der Waals surface area (Å²) in [6.07, 6.45) is 1.64. The van der Waals surface area contributed by atoms with E-state index < -0.39 is 0 Å². The number of aromatic amines is 1. The standard InChI is InChI=1S/C11H11ClN4O/c12-7-3-4-8(13)10(6-7)16(14)11(17)9-2-1-5-15-9/h1-6,15H,13-14H2. The third-order valence-electron chi connectivity index (χ3n) is 2.30. The van der Waals surface area contributed by atoms with Crippen LogP contribution in [0.3, 0.4) is 0 Å². The fraction of sp³-hybridized carbons (Fsp3) is 0. The molecule has 0 radical (unpaired) electrons. The molecule has 0 aliphatic rings. The van der Waals surface area contributed by atoms with Gasteiger partial charge in [0.2, 0.25) is 0 Å². The lowest BCUT2D eigenvalue weighted by Crippen LogP contribution is -2.38. The monoisotopic (exact) mass is 250 g/mol. The zero-order chi connectivity index (χ0) is 12.4. The molecule has 2 rings (SSSR count). The summed E-state index contributed by atoms with van der Waals surface area (Å²) in [6.45, 7) is 0. The fourth-order valence-corrected chi connectivity index (χ4v) is 1.59. The van der Waals surface area contributed by atoms with Crippen molar-refractivity contribution in [3.05, 3.63) is 47.2 Å². The Labute approximate surface area is 103 Å². The van der Waals surface area contributed by atoms with Gasteiger partial charge in [-0.05, 0) is 30.3 Å². The van der Waals surface area contributed by atoms with Gasteiger partial charge in [0.05, 0.1) is 11.4 Å². The van der Waals surface area contributed by atoms with Crippen molar-refractivity contribution in [3.63, 3.8) is 0 Å². The van der Waals surface area contributed by atoms with Gasteiger partial charge in [-0.25, -0.2) is 10.9 Å². The minimum absolute atomic E-state index is 0.372. The van der Waals surface area contributed by atoms with Gasteiger partial charge >= 0.3 is 0 Å². The van der Waals surface area contributed by atoms with Crippen molar-refractivity contribution in [2.45, 2.75) is 0 Å². The summed E-state index contributed by atoms with van der Waals surface area (Å²) < 4.78 is 0. The molecular weight excluding hydrogens is 240 g/mol. The number of amides is 1. The van der Waals surface area contributed by atoms with Crippen molar-refractivity contribution >= 4 is 28.9 Å². The molecule has 88 valence electrons. The number of anilines is 2. The Morgan fingerprint density at radius 2 is 2.12 bits per heavy atom. The van der Waals surface area contributed by atoms with Crippen LogP contribution in [-0.2, 0) is 0 Å². The molecule has 0 unspecified atom stereocenters. The van der Waals surface area contributed by atoms with Crippen LogP contribution in [0.1, 0.15) is 10.5 Å². The lowest BCUT2D eigenvalue weighted by atomic mass is 10.2. The maximum atomic E-state index is 11.9. The Bertz CT molecular complexity index is 538. The predicted octanol–water partition coefficient (Wildman–Crippen LogP) is 1.77. The second kappa shape index (κ2) is 4.48. The van der Waals surface area contributed by atoms with E-state index in [0.29, 0.717) is 22.1 Å². The number of H-pyrrole nitrogens is 1. The largest absolute Gasteiger partial charge is 0.397 e. The minimum Gasteiger partial charge on any atom is -0.397 e. The summed E-state index contributed by atoms with van der Waals surface area (Å²) in [6, 6.07) is 8.11. The first-order valence-corrected chi connectivity index (χ1v) is 5.25. The first kappa shape index (κ1) is 11.5. The summed E-state index contributed by atoms with van der Waals surface area (Å²) in [5.74, 6) is 5.34. The molecule has 6 heteroatoms. The van der Waals surface area contributed by atoms with Gasteiger partial charge in [0.15, 0.2) is 0 Å². The normalized spacial score (nSPS) is 10.2. The lowest BCUT2D eigenvalue weighted by Gasteiger charge is -2.18. The first-order valence-electron chi connectivity index (χ1n) is 4.87. The fourth-order valence-electron chi connectivity index (χ4n) is 1.43. The maximum Gasteiger partial charge on any atom is 0.288 e. The Morgan fingerprint density at radius 3 is 2.76 bits per heavy atom. The van der Waals surface area contributed by atoms with Crippen LogP contribution in [0.4, 0.5) is 11.4 Å². The van der Waals surface area contributed by atoms with E-state index >= 15 is 0 Å². The molecule has 0 saturated carbocycles. The van der Waals surface area contributed by atoms with Crippen molar-refractivity contribution in [1.82, 2.24) is 4.98 Å². The van der Waals surface area contributed by atoms with Crippen molar-refractivity contribution in [3.8, 4) is 0 Å². The minimum atomic E-state index is -0.385. The molecule has 0 spiro atoms. The number of hydrazine groups is 1. The third-order valence-corrected chi connectivity index (χ3v) is 2.53. The van der Waals surface area contributed by atoms with E-state index in [-0.39, 0.29) is 5.91 Å². The number of nitrogens with two attached hydrogens (primary N) is 2. The second-order valence-electron chi connectivity index (χ2n) is 3.46. The topological polar surface area (TPSA) is 88.1 Å². The van der Waals surface area contributed by atoms with Gasteiger partial charge in [-0.1, -0.05) is 11.6 Å². The smallest absolute Gasteiger partial charge is 0.288 e. The molecule has 1 heterocycles. The van der Waals surface area contributed by atoms with Crippen LogP contribution in [0.5, 0.6) is 0 Å². The Kier molecular flexibility index (Phi) is 3.03. The molecule has 0 saturated heterocycles. The van der Waals surface area contributed by atoms with Gasteiger partial charge in [-0.15, -0.1) is 0 Å². The molecule has 0 fully saturated rings. The SMILES string of the molecule is Nc1ccc(Cl)cc1N(N)C(=O)c1ccc[nH]1. The number of nitrogens with one attached hydrogen (secondary N) is 1. The van der Waals surface area contributed by atoms with Gasteiger partial charge in [-0.3, -0.25) is 4.79 Å². The highest BCUT2D eigenvalue weighted by molar-refractivity contribution is 6.31. The Morgan fingerprint density at radius 1 is 1.35 bits per heavy atom. The quantitative estimate of drug-likeness (QED) is 0.328. The number of carbonyl (C=O) groups is 1. The van der Waals surface area contributed by atoms with Gasteiger partial charge < -0.3 is 10.7 Å². The number of nitrogens with zero attached hydrogens (tertiary/aromatic N) is 1. The molecular formula is C11H11ClN4O. The van der Waals surface area contributed by atoms with Gasteiger partial charge in [0.25, 0.3) is 5.91 Å². The number of aromatic nitrogens is 1. The van der Waals surface area contributed by atoms with E-state index in [1.54, 1.807) is 30.5 Å². The molecule has 1 aromatic carbocycles. The van der Waals surface area contributed by atoms with Crippen molar-refractivity contribution in [2.75, 3.05) is 10.7 Å². The zero-order valence-corrected chi connectivity index (χ0v) is 9.61. The molecule has 17 heavy (non-hydrogen) atoms. The highest BCUT2D eigenvalue weighted by Gasteiger charge is 2.17. The average molecular weight is 251 g/mol. The number of rotatable bonds is 2. The van der Waals surface area contributed by atoms with Gasteiger partial charge in [0, 0.05) is 11.2 Å². The Hall–Kier alpha value is -1.98. The van der Waals surface area contributed by atoms with E-state index in [4.69, 9.17) is 23.2 Å². The molecule has 1 aromatic heterocycles. The van der Waals surface area contributed by atoms with E-state index in [0.717, 1.165) is 5.01 Å². The average Bonchev–Trinajstić information content (AvgIpc) is 2.84. The number of nitrogen functional groups attached to an aromatic ring is 1. The lowest BCUT2D eigenvalue weighted by molar-refractivity contribution is 0.0983. The van der Waals surface area contributed by atoms with Crippen LogP contribution in [0.2, 0.25) is 5.02 Å². The number of carbonyl (C=O) groups excluding carboxylic acids is 1. The van der Waals surface area contributed by atoms with Crippen molar-refractivity contribution in [2.24, 2.45) is 5.84 Å². The van der Waals surface area contributed by atoms with Crippen LogP contribution in [0.15, 0.2) is 36.5 Å². The molecule has 5 nitrogen and oxygen atoms in total. The predicted molar refractivity (Wildman–Crippen MR) is 67.7 cm³/mol. The van der Waals surface area contributed by atoms with Crippen LogP contribution in [0, 0.1) is 0 Å². The van der Waals surface area contributed by atoms with Crippen molar-refractivity contribution < 1.29 is 4.79 Å². The third kappa shape index (κ3) is 2.25. The number of hydrogen-bond donors (Lipinski definition) is 3. The van der Waals surface area contributed by atoms with E-state index in [1.807, 2.05) is 0 Å². The van der Waals surface area contributed by atoms with E-state index in [2.05, 4.69) is 4.98 Å². The van der Waals surface area contributed by atoms with E-state index in [9.17, 15) is 4.79 Å². The number of hydrogen-bond acceptors (Lipinski definition) is 3. The molecule has 0 bridgehead atoms. The molecule has 1 amide bonds. The summed E-state index contributed by atoms with van der Waals surface area (Å²) in [7, 11) is 0.